The summed E-state index contributed by atoms with van der Waals surface area (Å²) < 4.78 is 0. The van der Waals surface area contributed by atoms with E-state index in [0.717, 1.165) is 11.4 Å². The monoisotopic (exact) mass is 372 g/mol. The Balaban J connectivity index is 1.66. The van der Waals surface area contributed by atoms with Crippen molar-refractivity contribution in [3.8, 4) is 0 Å². The van der Waals surface area contributed by atoms with Crippen LogP contribution in [0.25, 0.3) is 0 Å². The number of carbonyl (C=O) groups excluding carboxylic acids is 1. The largest absolute Gasteiger partial charge is 0.278 e. The number of pyridine rings is 2. The third-order valence-corrected chi connectivity index (χ3v) is 3.87. The zero-order chi connectivity index (χ0) is 19.8. The molecule has 0 aliphatic heterocycles. The zero-order valence-electron chi connectivity index (χ0n) is 15.6. The molecule has 0 radical (unpaired) electrons. The first-order valence-electron chi connectivity index (χ1n) is 8.71. The van der Waals surface area contributed by atoms with Crippen LogP contribution in [0.5, 0.6) is 0 Å². The normalized spacial score (nSPS) is 11.8. The molecule has 0 spiro atoms. The predicted octanol–water partition coefficient (Wildman–Crippen LogP) is 3.47. The second kappa shape index (κ2) is 9.18. The number of carbonyl (C=O) groups is 1. The number of nitrogens with one attached hydrogen (secondary N) is 2. The Kier molecular flexibility index (Phi) is 6.20. The number of nitrogens with zero attached hydrogens (tertiary/aromatic N) is 4. The van der Waals surface area contributed by atoms with E-state index in [1.165, 1.54) is 0 Å². The fourth-order valence-corrected chi connectivity index (χ4v) is 2.35. The average Bonchev–Trinajstić information content (AvgIpc) is 2.77. The lowest BCUT2D eigenvalue weighted by Crippen LogP contribution is -2.19. The van der Waals surface area contributed by atoms with Crippen LogP contribution in [0.4, 0.5) is 5.69 Å². The smallest absolute Gasteiger partial charge is 0.271 e. The zero-order valence-corrected chi connectivity index (χ0v) is 15.6. The maximum absolute atomic E-state index is 12.4. The summed E-state index contributed by atoms with van der Waals surface area (Å²) in [5.74, 6) is -0.315. The summed E-state index contributed by atoms with van der Waals surface area (Å²) in [6.45, 7) is 3.65. The highest BCUT2D eigenvalue weighted by Crippen LogP contribution is 2.11. The molecule has 1 amide bonds. The fourth-order valence-electron chi connectivity index (χ4n) is 2.35. The van der Waals surface area contributed by atoms with Gasteiger partial charge < -0.3 is 0 Å². The summed E-state index contributed by atoms with van der Waals surface area (Å²) >= 11 is 0. The van der Waals surface area contributed by atoms with E-state index in [4.69, 9.17) is 0 Å². The van der Waals surface area contributed by atoms with Crippen molar-refractivity contribution in [1.29, 1.82) is 0 Å². The fraction of sp³-hybridized carbons (Fsp3) is 0.0952. The number of hydrogen-bond acceptors (Lipinski definition) is 6. The van der Waals surface area contributed by atoms with Crippen LogP contribution in [0.2, 0.25) is 0 Å². The molecule has 0 fully saturated rings. The highest BCUT2D eigenvalue weighted by Gasteiger charge is 2.06. The minimum atomic E-state index is -0.315. The van der Waals surface area contributed by atoms with E-state index in [-0.39, 0.29) is 5.91 Å². The van der Waals surface area contributed by atoms with E-state index in [9.17, 15) is 4.79 Å². The van der Waals surface area contributed by atoms with E-state index in [2.05, 4.69) is 31.0 Å². The number of anilines is 1. The van der Waals surface area contributed by atoms with E-state index < -0.39 is 0 Å². The van der Waals surface area contributed by atoms with Crippen LogP contribution in [-0.2, 0) is 0 Å². The molecule has 2 N–H and O–H groups in total. The molecule has 0 atom stereocenters. The molecule has 0 saturated carbocycles. The Morgan fingerprint density at radius 2 is 1.46 bits per heavy atom. The Morgan fingerprint density at radius 1 is 0.821 bits per heavy atom. The molecule has 7 nitrogen and oxygen atoms in total. The van der Waals surface area contributed by atoms with Gasteiger partial charge >= 0.3 is 0 Å². The molecular weight excluding hydrogens is 352 g/mol. The summed E-state index contributed by atoms with van der Waals surface area (Å²) in [5.41, 5.74) is 9.51. The number of hydrazone groups is 2. The predicted molar refractivity (Wildman–Crippen MR) is 110 cm³/mol. The summed E-state index contributed by atoms with van der Waals surface area (Å²) in [7, 11) is 0. The molecular formula is C21H20N6O. The van der Waals surface area contributed by atoms with Crippen molar-refractivity contribution < 1.29 is 4.79 Å². The van der Waals surface area contributed by atoms with E-state index >= 15 is 0 Å². The third-order valence-electron chi connectivity index (χ3n) is 3.87. The summed E-state index contributed by atoms with van der Waals surface area (Å²) in [5, 5.41) is 8.43. The quantitative estimate of drug-likeness (QED) is 0.512. The second-order valence-electron chi connectivity index (χ2n) is 5.96. The van der Waals surface area contributed by atoms with Gasteiger partial charge in [0.05, 0.1) is 28.5 Å². The molecule has 0 unspecified atom stereocenters. The maximum atomic E-state index is 12.4. The Labute approximate surface area is 163 Å². The number of rotatable bonds is 6. The van der Waals surface area contributed by atoms with Gasteiger partial charge in [-0.3, -0.25) is 20.2 Å². The number of hydrogen-bond donors (Lipinski definition) is 2. The second-order valence-corrected chi connectivity index (χ2v) is 5.96. The van der Waals surface area contributed by atoms with Gasteiger partial charge in [-0.15, -0.1) is 0 Å². The van der Waals surface area contributed by atoms with E-state index in [1.54, 1.807) is 37.5 Å². The van der Waals surface area contributed by atoms with Crippen LogP contribution in [0.3, 0.4) is 0 Å². The van der Waals surface area contributed by atoms with Gasteiger partial charge in [0.25, 0.3) is 5.91 Å². The Bertz CT molecular complexity index is 1000. The standard InChI is InChI=1S/C21H20N6O/c1-15(19-10-3-5-12-22-19)24-26-18-9-7-8-17(14-18)21(28)27-25-16(2)20-11-4-6-13-23-20/h3-14,26H,1-2H3,(H,27,28)/b24-15-,25-16-. The highest BCUT2D eigenvalue weighted by molar-refractivity contribution is 6.00. The van der Waals surface area contributed by atoms with Gasteiger partial charge in [0.15, 0.2) is 0 Å². The molecule has 140 valence electrons. The first kappa shape index (κ1) is 18.9. The van der Waals surface area contributed by atoms with Gasteiger partial charge in [0, 0.05) is 18.0 Å². The molecule has 28 heavy (non-hydrogen) atoms. The molecule has 2 aromatic heterocycles. The molecule has 2 heterocycles. The van der Waals surface area contributed by atoms with Gasteiger partial charge in [-0.05, 0) is 56.3 Å². The van der Waals surface area contributed by atoms with Crippen LogP contribution in [0.1, 0.15) is 35.6 Å². The van der Waals surface area contributed by atoms with Crippen molar-refractivity contribution in [2.24, 2.45) is 10.2 Å². The molecule has 0 saturated heterocycles. The highest BCUT2D eigenvalue weighted by atomic mass is 16.2. The number of aromatic nitrogens is 2. The Hall–Kier alpha value is -3.87. The summed E-state index contributed by atoms with van der Waals surface area (Å²) in [4.78, 5) is 20.8. The van der Waals surface area contributed by atoms with Gasteiger partial charge in [-0.25, -0.2) is 5.43 Å². The number of amides is 1. The van der Waals surface area contributed by atoms with Gasteiger partial charge in [-0.1, -0.05) is 18.2 Å². The van der Waals surface area contributed by atoms with Gasteiger partial charge in [-0.2, -0.15) is 10.2 Å². The maximum Gasteiger partial charge on any atom is 0.271 e. The van der Waals surface area contributed by atoms with Crippen LogP contribution >= 0.6 is 0 Å². The van der Waals surface area contributed by atoms with Crippen molar-refractivity contribution in [3.63, 3.8) is 0 Å². The molecule has 3 aromatic rings. The van der Waals surface area contributed by atoms with Crippen molar-refractivity contribution in [3.05, 3.63) is 90.0 Å². The summed E-state index contributed by atoms with van der Waals surface area (Å²) in [6.07, 6.45) is 3.39. The van der Waals surface area contributed by atoms with Crippen LogP contribution in [0, 0.1) is 0 Å². The SMILES string of the molecule is C/C(=N/NC(=O)c1cccc(N/N=C(/C)c2ccccn2)c1)c1ccccn1. The van der Waals surface area contributed by atoms with Crippen molar-refractivity contribution in [2.75, 3.05) is 5.43 Å². The van der Waals surface area contributed by atoms with E-state index in [0.29, 0.717) is 22.7 Å². The first-order valence-corrected chi connectivity index (χ1v) is 8.71. The minimum absolute atomic E-state index is 0.315. The molecule has 0 bridgehead atoms. The van der Waals surface area contributed by atoms with Crippen molar-refractivity contribution in [1.82, 2.24) is 15.4 Å². The van der Waals surface area contributed by atoms with Gasteiger partial charge in [0.2, 0.25) is 0 Å². The summed E-state index contributed by atoms with van der Waals surface area (Å²) in [6, 6.07) is 18.2. The molecule has 3 rings (SSSR count). The first-order chi connectivity index (χ1) is 13.6. The van der Waals surface area contributed by atoms with E-state index in [1.807, 2.05) is 49.4 Å². The van der Waals surface area contributed by atoms with Crippen molar-refractivity contribution in [2.45, 2.75) is 13.8 Å². The Morgan fingerprint density at radius 3 is 2.07 bits per heavy atom. The topological polar surface area (TPSA) is 91.6 Å². The van der Waals surface area contributed by atoms with Gasteiger partial charge in [0.1, 0.15) is 0 Å². The van der Waals surface area contributed by atoms with Crippen LogP contribution in [0.15, 0.2) is 83.3 Å². The molecule has 1 aromatic carbocycles. The van der Waals surface area contributed by atoms with Crippen molar-refractivity contribution >= 4 is 23.0 Å². The van der Waals surface area contributed by atoms with Crippen LogP contribution in [-0.4, -0.2) is 27.3 Å². The minimum Gasteiger partial charge on any atom is -0.278 e. The molecule has 7 heteroatoms. The lowest BCUT2D eigenvalue weighted by atomic mass is 10.2. The molecule has 0 aliphatic carbocycles. The third kappa shape index (κ3) is 5.07. The lowest BCUT2D eigenvalue weighted by molar-refractivity contribution is 0.0955. The lowest BCUT2D eigenvalue weighted by Gasteiger charge is -2.06. The average molecular weight is 372 g/mol. The molecule has 0 aliphatic rings. The number of benzene rings is 1. The van der Waals surface area contributed by atoms with Crippen LogP contribution < -0.4 is 10.9 Å².